The molecule has 0 saturated heterocycles. The molecule has 33 heavy (non-hydrogen) atoms. The molecule has 7 heteroatoms. The van der Waals surface area contributed by atoms with E-state index >= 15 is 0 Å². The lowest BCUT2D eigenvalue weighted by molar-refractivity contribution is -0.275. The quantitative estimate of drug-likeness (QED) is 0.166. The van der Waals surface area contributed by atoms with Crippen molar-refractivity contribution in [2.75, 3.05) is 0 Å². The molecule has 0 aliphatic heterocycles. The van der Waals surface area contributed by atoms with Gasteiger partial charge < -0.3 is 9.47 Å². The van der Waals surface area contributed by atoms with E-state index in [1.807, 2.05) is 0 Å². The van der Waals surface area contributed by atoms with Crippen LogP contribution in [0.5, 0.6) is 11.5 Å². The Labute approximate surface area is 193 Å². The summed E-state index contributed by atoms with van der Waals surface area (Å²) in [6, 6.07) is 2.78. The van der Waals surface area contributed by atoms with Crippen molar-refractivity contribution in [3.05, 3.63) is 36.2 Å². The van der Waals surface area contributed by atoms with Crippen molar-refractivity contribution in [3.8, 4) is 11.5 Å². The molecule has 3 nitrogen and oxygen atoms in total. The molecule has 3 rings (SSSR count). The Morgan fingerprint density at radius 1 is 1.12 bits per heavy atom. The molecule has 0 radical (unpaired) electrons. The number of rotatable bonds is 8. The number of esters is 1. The Morgan fingerprint density at radius 2 is 1.79 bits per heavy atom. The Kier molecular flexibility index (Phi) is 8.46. The van der Waals surface area contributed by atoms with Crippen molar-refractivity contribution in [2.24, 2.45) is 17.3 Å². The van der Waals surface area contributed by atoms with Crippen molar-refractivity contribution in [1.29, 1.82) is 0 Å². The van der Waals surface area contributed by atoms with E-state index in [9.17, 15) is 22.4 Å². The fourth-order valence-electron chi connectivity index (χ4n) is 5.51. The van der Waals surface area contributed by atoms with Gasteiger partial charge in [0.15, 0.2) is 11.6 Å². The smallest absolute Gasteiger partial charge is 0.426 e. The van der Waals surface area contributed by atoms with E-state index in [0.717, 1.165) is 95.2 Å². The van der Waals surface area contributed by atoms with Gasteiger partial charge in [0.2, 0.25) is 0 Å². The first-order chi connectivity index (χ1) is 15.6. The summed E-state index contributed by atoms with van der Waals surface area (Å²) in [5.74, 6) is -1.77. The van der Waals surface area contributed by atoms with Crippen LogP contribution in [0.4, 0.5) is 17.6 Å². The van der Waals surface area contributed by atoms with Gasteiger partial charge in [-0.25, -0.2) is 4.39 Å². The number of hydrogen-bond acceptors (Lipinski definition) is 3. The van der Waals surface area contributed by atoms with Crippen molar-refractivity contribution in [3.63, 3.8) is 0 Å². The number of halogens is 4. The number of hydrogen-bond donors (Lipinski definition) is 0. The van der Waals surface area contributed by atoms with E-state index in [1.165, 1.54) is 5.57 Å². The van der Waals surface area contributed by atoms with Crippen molar-refractivity contribution in [2.45, 2.75) is 90.3 Å². The average Bonchev–Trinajstić information content (AvgIpc) is 2.79. The third kappa shape index (κ3) is 6.73. The minimum atomic E-state index is -4.99. The molecule has 0 heterocycles. The molecular weight excluding hydrogens is 436 g/mol. The highest BCUT2D eigenvalue weighted by atomic mass is 19.4. The molecule has 2 aliphatic carbocycles. The summed E-state index contributed by atoms with van der Waals surface area (Å²) in [5, 5.41) is 0. The van der Waals surface area contributed by atoms with E-state index in [4.69, 9.17) is 4.74 Å². The van der Waals surface area contributed by atoms with E-state index in [2.05, 4.69) is 18.2 Å². The molecule has 2 aliphatic rings. The van der Waals surface area contributed by atoms with Crippen LogP contribution in [-0.4, -0.2) is 12.3 Å². The maximum Gasteiger partial charge on any atom is 0.573 e. The fraction of sp³-hybridized carbons (Fsp3) is 0.654. The second kappa shape index (κ2) is 10.9. The Balaban J connectivity index is 1.67. The van der Waals surface area contributed by atoms with Crippen molar-refractivity contribution in [1.82, 2.24) is 0 Å². The lowest BCUT2D eigenvalue weighted by Crippen LogP contribution is -2.44. The zero-order chi connectivity index (χ0) is 24.1. The van der Waals surface area contributed by atoms with Gasteiger partial charge in [-0.3, -0.25) is 4.79 Å². The molecule has 0 N–H and O–H groups in total. The second-order valence-corrected chi connectivity index (χ2v) is 9.61. The number of carbonyl (C=O) groups excluding carboxylic acids is 1. The number of carbonyl (C=O) groups is 1. The highest BCUT2D eigenvalue weighted by molar-refractivity contribution is 5.79. The largest absolute Gasteiger partial charge is 0.573 e. The van der Waals surface area contributed by atoms with Crippen LogP contribution in [0.2, 0.25) is 0 Å². The lowest BCUT2D eigenvalue weighted by Gasteiger charge is -2.44. The second-order valence-electron chi connectivity index (χ2n) is 9.61. The highest BCUT2D eigenvalue weighted by Crippen LogP contribution is 2.50. The van der Waals surface area contributed by atoms with Crippen LogP contribution in [0, 0.1) is 23.1 Å². The maximum atomic E-state index is 14.1. The molecule has 0 atom stereocenters. The van der Waals surface area contributed by atoms with Gasteiger partial charge in [0.1, 0.15) is 5.75 Å². The Bertz CT molecular complexity index is 819. The third-order valence-corrected chi connectivity index (χ3v) is 7.53. The summed E-state index contributed by atoms with van der Waals surface area (Å²) < 4.78 is 60.5. The minimum absolute atomic E-state index is 0.0938. The average molecular weight is 471 g/mol. The topological polar surface area (TPSA) is 35.5 Å². The normalized spacial score (nSPS) is 23.1. The Morgan fingerprint density at radius 3 is 2.36 bits per heavy atom. The molecular formula is C26H34F4O3. The number of allylic oxidation sites excluding steroid dienone is 1. The molecule has 2 fully saturated rings. The van der Waals surface area contributed by atoms with Crippen LogP contribution in [-0.2, 0) is 4.79 Å². The summed E-state index contributed by atoms with van der Waals surface area (Å²) >= 11 is 0. The monoisotopic (exact) mass is 470 g/mol. The molecule has 1 aromatic rings. The van der Waals surface area contributed by atoms with Gasteiger partial charge in [-0.05, 0) is 68.9 Å². The minimum Gasteiger partial charge on any atom is -0.426 e. The first-order valence-electron chi connectivity index (χ1n) is 12.1. The van der Waals surface area contributed by atoms with Gasteiger partial charge in [0, 0.05) is 6.07 Å². The van der Waals surface area contributed by atoms with Crippen molar-refractivity contribution < 1.29 is 31.8 Å². The van der Waals surface area contributed by atoms with Gasteiger partial charge in [-0.15, -0.1) is 13.2 Å². The molecule has 2 saturated carbocycles. The van der Waals surface area contributed by atoms with Crippen LogP contribution in [0.15, 0.2) is 30.4 Å². The summed E-state index contributed by atoms with van der Waals surface area (Å²) in [7, 11) is 0. The zero-order valence-corrected chi connectivity index (χ0v) is 19.3. The molecule has 0 unspecified atom stereocenters. The Hall–Kier alpha value is -2.05. The van der Waals surface area contributed by atoms with E-state index in [0.29, 0.717) is 5.92 Å². The van der Waals surface area contributed by atoms with Crippen LogP contribution in [0.3, 0.4) is 0 Å². The van der Waals surface area contributed by atoms with Crippen LogP contribution >= 0.6 is 0 Å². The lowest BCUT2D eigenvalue weighted by atomic mass is 9.60. The zero-order valence-electron chi connectivity index (χ0n) is 19.3. The summed E-state index contributed by atoms with van der Waals surface area (Å²) in [6.45, 7) is 6.22. The van der Waals surface area contributed by atoms with E-state index in [1.54, 1.807) is 0 Å². The van der Waals surface area contributed by atoms with Crippen LogP contribution in [0.25, 0.3) is 0 Å². The molecule has 0 amide bonds. The summed E-state index contributed by atoms with van der Waals surface area (Å²) in [5.41, 5.74) is 0.678. The van der Waals surface area contributed by atoms with Gasteiger partial charge in [0.25, 0.3) is 0 Å². The predicted octanol–water partition coefficient (Wildman–Crippen LogP) is 8.13. The van der Waals surface area contributed by atoms with Gasteiger partial charge in [-0.1, -0.05) is 51.2 Å². The van der Waals surface area contributed by atoms with Gasteiger partial charge in [-0.2, -0.15) is 0 Å². The first-order valence-corrected chi connectivity index (χ1v) is 12.1. The predicted molar refractivity (Wildman–Crippen MR) is 118 cm³/mol. The number of ether oxygens (including phenoxy) is 2. The van der Waals surface area contributed by atoms with Crippen LogP contribution in [0.1, 0.15) is 84.0 Å². The SMILES string of the molecule is C=C(CC)CCC1CCC(C2(C(=O)Oc3ccc(OC(F)(F)F)c(F)c3)CCCCC2)CC1. The molecule has 1 aromatic carbocycles. The highest BCUT2D eigenvalue weighted by Gasteiger charge is 2.48. The number of benzene rings is 1. The van der Waals surface area contributed by atoms with Crippen LogP contribution < -0.4 is 9.47 Å². The maximum absolute atomic E-state index is 14.1. The molecule has 0 bridgehead atoms. The third-order valence-electron chi connectivity index (χ3n) is 7.53. The molecule has 0 aromatic heterocycles. The molecule has 184 valence electrons. The standard InChI is InChI=1S/C26H34F4O3/c1-3-18(2)7-8-19-9-11-20(12-10-19)25(15-5-4-6-16-25)24(31)32-21-13-14-23(22(27)17-21)33-26(28,29)30/h13-14,17,19-20H,2-12,15-16H2,1H3. The summed E-state index contributed by atoms with van der Waals surface area (Å²) in [6.07, 6.45) is 6.73. The summed E-state index contributed by atoms with van der Waals surface area (Å²) in [4.78, 5) is 13.4. The fourth-order valence-corrected chi connectivity index (χ4v) is 5.51. The van der Waals surface area contributed by atoms with Gasteiger partial charge in [0.05, 0.1) is 5.41 Å². The van der Waals surface area contributed by atoms with Crippen molar-refractivity contribution >= 4 is 5.97 Å². The number of alkyl halides is 3. The van der Waals surface area contributed by atoms with E-state index < -0.39 is 23.3 Å². The van der Waals surface area contributed by atoms with Gasteiger partial charge >= 0.3 is 12.3 Å². The molecule has 0 spiro atoms. The van der Waals surface area contributed by atoms with E-state index in [-0.39, 0.29) is 17.6 Å². The first kappa shape index (κ1) is 25.6.